The first kappa shape index (κ1) is 16.1. The van der Waals surface area contributed by atoms with Crippen molar-refractivity contribution in [2.24, 2.45) is 0 Å². The summed E-state index contributed by atoms with van der Waals surface area (Å²) in [4.78, 5) is 30.1. The van der Waals surface area contributed by atoms with Crippen molar-refractivity contribution in [3.8, 4) is 0 Å². The number of amides is 2. The van der Waals surface area contributed by atoms with E-state index in [2.05, 4.69) is 10.3 Å². The van der Waals surface area contributed by atoms with E-state index >= 15 is 0 Å². The normalized spacial score (nSPS) is 13.8. The zero-order valence-corrected chi connectivity index (χ0v) is 13.1. The number of fused-ring (bicyclic) bond motifs is 1. The highest BCUT2D eigenvalue weighted by atomic mass is 19.1. The molecule has 0 atom stereocenters. The Morgan fingerprint density at radius 1 is 1.33 bits per heavy atom. The second-order valence-corrected chi connectivity index (χ2v) is 5.45. The van der Waals surface area contributed by atoms with E-state index < -0.39 is 17.5 Å². The number of nitrogens with one attached hydrogen (secondary N) is 1. The topological polar surface area (TPSA) is 67.2 Å². The molecule has 2 amide bonds. The molecule has 1 aliphatic heterocycles. The van der Waals surface area contributed by atoms with Gasteiger partial charge in [0.15, 0.2) is 5.82 Å². The van der Waals surface area contributed by atoms with Crippen molar-refractivity contribution in [3.05, 3.63) is 53.1 Å². The summed E-state index contributed by atoms with van der Waals surface area (Å²) >= 11 is 0. The smallest absolute Gasteiger partial charge is 0.289 e. The van der Waals surface area contributed by atoms with Crippen molar-refractivity contribution >= 4 is 11.8 Å². The molecule has 3 rings (SSSR count). The third kappa shape index (κ3) is 2.99. The third-order valence-corrected chi connectivity index (χ3v) is 3.93. The summed E-state index contributed by atoms with van der Waals surface area (Å²) in [5.41, 5.74) is 0.265. The molecule has 0 radical (unpaired) electrons. The average molecular weight is 334 g/mol. The molecule has 1 aromatic carbocycles. The van der Waals surface area contributed by atoms with E-state index in [0.717, 1.165) is 12.1 Å². The maximum atomic E-state index is 13.6. The molecule has 0 aliphatic carbocycles. The Kier molecular flexibility index (Phi) is 4.28. The van der Waals surface area contributed by atoms with Crippen LogP contribution in [-0.4, -0.2) is 39.4 Å². The first-order chi connectivity index (χ1) is 11.5. The summed E-state index contributed by atoms with van der Waals surface area (Å²) < 4.78 is 28.1. The Morgan fingerprint density at radius 3 is 2.83 bits per heavy atom. The van der Waals surface area contributed by atoms with Crippen LogP contribution in [0.4, 0.5) is 8.78 Å². The van der Waals surface area contributed by atoms with Gasteiger partial charge in [-0.05, 0) is 13.0 Å². The fraction of sp³-hybridized carbons (Fsp3) is 0.312. The second-order valence-electron chi connectivity index (χ2n) is 5.45. The van der Waals surface area contributed by atoms with Crippen LogP contribution in [0.3, 0.4) is 0 Å². The van der Waals surface area contributed by atoms with Crippen LogP contribution in [0.2, 0.25) is 0 Å². The van der Waals surface area contributed by atoms with Gasteiger partial charge in [0.2, 0.25) is 0 Å². The van der Waals surface area contributed by atoms with Crippen LogP contribution in [0.25, 0.3) is 0 Å². The van der Waals surface area contributed by atoms with Crippen LogP contribution in [0.1, 0.15) is 33.6 Å². The van der Waals surface area contributed by atoms with Gasteiger partial charge in [-0.15, -0.1) is 0 Å². The van der Waals surface area contributed by atoms with Crippen LogP contribution < -0.4 is 5.32 Å². The predicted molar refractivity (Wildman–Crippen MR) is 81.3 cm³/mol. The average Bonchev–Trinajstić information content (AvgIpc) is 2.99. The predicted octanol–water partition coefficient (Wildman–Crippen LogP) is 1.57. The monoisotopic (exact) mass is 334 g/mol. The Hall–Kier alpha value is -2.77. The minimum absolute atomic E-state index is 0.0951. The number of rotatable bonds is 4. The number of hydrogen-bond donors (Lipinski definition) is 1. The molecule has 126 valence electrons. The molecule has 1 aromatic heterocycles. The Labute approximate surface area is 137 Å². The number of likely N-dealkylation sites (N-methyl/N-ethyl adjacent to an activating group) is 1. The van der Waals surface area contributed by atoms with Gasteiger partial charge in [-0.2, -0.15) is 0 Å². The third-order valence-electron chi connectivity index (χ3n) is 3.93. The van der Waals surface area contributed by atoms with Crippen molar-refractivity contribution < 1.29 is 18.4 Å². The number of benzene rings is 1. The summed E-state index contributed by atoms with van der Waals surface area (Å²) in [7, 11) is 0. The molecular formula is C16H16F2N4O2. The molecule has 0 unspecified atom stereocenters. The Bertz CT molecular complexity index is 803. The standard InChI is InChI=1S/C16H16F2N4O2/c1-2-21-5-6-22-9-13(20-14(22)16(21)24)15(23)19-8-10-3-4-11(17)7-12(10)18/h3-4,7,9H,2,5-6,8H2,1H3,(H,19,23). The molecule has 2 heterocycles. The van der Waals surface area contributed by atoms with Gasteiger partial charge in [0, 0.05) is 44.0 Å². The van der Waals surface area contributed by atoms with E-state index in [1.807, 2.05) is 6.92 Å². The molecule has 1 N–H and O–H groups in total. The minimum Gasteiger partial charge on any atom is -0.346 e. The highest BCUT2D eigenvalue weighted by molar-refractivity contribution is 5.96. The number of carbonyl (C=O) groups excluding carboxylic acids is 2. The van der Waals surface area contributed by atoms with Gasteiger partial charge >= 0.3 is 0 Å². The lowest BCUT2D eigenvalue weighted by molar-refractivity contribution is 0.0707. The maximum absolute atomic E-state index is 13.6. The lowest BCUT2D eigenvalue weighted by atomic mass is 10.2. The zero-order valence-electron chi connectivity index (χ0n) is 13.1. The highest BCUT2D eigenvalue weighted by Crippen LogP contribution is 2.13. The summed E-state index contributed by atoms with van der Waals surface area (Å²) in [6, 6.07) is 3.15. The number of nitrogens with zero attached hydrogens (tertiary/aromatic N) is 3. The summed E-state index contributed by atoms with van der Waals surface area (Å²) in [6.45, 7) is 3.50. The van der Waals surface area contributed by atoms with Crippen molar-refractivity contribution in [2.45, 2.75) is 20.0 Å². The molecule has 1 aliphatic rings. The molecular weight excluding hydrogens is 318 g/mol. The molecule has 0 spiro atoms. The molecule has 0 saturated heterocycles. The quantitative estimate of drug-likeness (QED) is 0.923. The fourth-order valence-corrected chi connectivity index (χ4v) is 2.57. The van der Waals surface area contributed by atoms with Gasteiger partial charge in [0.05, 0.1) is 0 Å². The lowest BCUT2D eigenvalue weighted by Crippen LogP contribution is -2.40. The van der Waals surface area contributed by atoms with Gasteiger partial charge < -0.3 is 14.8 Å². The largest absolute Gasteiger partial charge is 0.346 e. The van der Waals surface area contributed by atoms with E-state index in [-0.39, 0.29) is 29.5 Å². The molecule has 0 bridgehead atoms. The molecule has 0 fully saturated rings. The van der Waals surface area contributed by atoms with Gasteiger partial charge in [-0.1, -0.05) is 6.07 Å². The highest BCUT2D eigenvalue weighted by Gasteiger charge is 2.27. The maximum Gasteiger partial charge on any atom is 0.289 e. The van der Waals surface area contributed by atoms with Crippen molar-refractivity contribution in [3.63, 3.8) is 0 Å². The number of halogens is 2. The van der Waals surface area contributed by atoms with E-state index in [4.69, 9.17) is 0 Å². The van der Waals surface area contributed by atoms with E-state index in [1.54, 1.807) is 9.47 Å². The molecule has 2 aromatic rings. The van der Waals surface area contributed by atoms with Crippen molar-refractivity contribution in [1.29, 1.82) is 0 Å². The summed E-state index contributed by atoms with van der Waals surface area (Å²) in [5.74, 6) is -1.92. The van der Waals surface area contributed by atoms with Crippen molar-refractivity contribution in [2.75, 3.05) is 13.1 Å². The van der Waals surface area contributed by atoms with Gasteiger partial charge in [-0.25, -0.2) is 13.8 Å². The zero-order chi connectivity index (χ0) is 17.3. The van der Waals surface area contributed by atoms with Crippen LogP contribution in [0, 0.1) is 11.6 Å². The van der Waals surface area contributed by atoms with E-state index in [1.165, 1.54) is 12.3 Å². The number of hydrogen-bond acceptors (Lipinski definition) is 3. The van der Waals surface area contributed by atoms with Crippen molar-refractivity contribution in [1.82, 2.24) is 19.8 Å². The first-order valence-electron chi connectivity index (χ1n) is 7.58. The molecule has 24 heavy (non-hydrogen) atoms. The van der Waals surface area contributed by atoms with E-state index in [9.17, 15) is 18.4 Å². The molecule has 0 saturated carbocycles. The van der Waals surface area contributed by atoms with Gasteiger partial charge in [0.25, 0.3) is 11.8 Å². The first-order valence-corrected chi connectivity index (χ1v) is 7.58. The fourth-order valence-electron chi connectivity index (χ4n) is 2.57. The SMILES string of the molecule is CCN1CCn2cc(C(=O)NCc3ccc(F)cc3F)nc2C1=O. The Balaban J connectivity index is 1.71. The number of aromatic nitrogens is 2. The van der Waals surface area contributed by atoms with Gasteiger partial charge in [0.1, 0.15) is 17.3 Å². The lowest BCUT2D eigenvalue weighted by Gasteiger charge is -2.25. The molecule has 8 heteroatoms. The summed E-state index contributed by atoms with van der Waals surface area (Å²) in [5, 5.41) is 2.52. The number of carbonyl (C=O) groups is 2. The second kappa shape index (κ2) is 6.38. The van der Waals surface area contributed by atoms with Crippen LogP contribution in [0.5, 0.6) is 0 Å². The van der Waals surface area contributed by atoms with Crippen LogP contribution in [-0.2, 0) is 13.1 Å². The van der Waals surface area contributed by atoms with Crippen LogP contribution in [0.15, 0.2) is 24.4 Å². The van der Waals surface area contributed by atoms with Gasteiger partial charge in [-0.3, -0.25) is 9.59 Å². The summed E-state index contributed by atoms with van der Waals surface area (Å²) in [6.07, 6.45) is 1.51. The molecule has 6 nitrogen and oxygen atoms in total. The van der Waals surface area contributed by atoms with E-state index in [0.29, 0.717) is 19.6 Å². The Morgan fingerprint density at radius 2 is 2.12 bits per heavy atom. The number of imidazole rings is 1. The minimum atomic E-state index is -0.729. The van der Waals surface area contributed by atoms with Crippen LogP contribution >= 0.6 is 0 Å².